The van der Waals surface area contributed by atoms with Crippen molar-refractivity contribution in [2.45, 2.75) is 19.8 Å². The van der Waals surface area contributed by atoms with Crippen LogP contribution in [0.25, 0.3) is 0 Å². The Bertz CT molecular complexity index is 696. The molecule has 5 nitrogen and oxygen atoms in total. The summed E-state index contributed by atoms with van der Waals surface area (Å²) in [6.07, 6.45) is 2.89. The molecule has 1 aromatic carbocycles. The maximum Gasteiger partial charge on any atom is 0.243 e. The van der Waals surface area contributed by atoms with Crippen LogP contribution in [0.2, 0.25) is 5.02 Å². The van der Waals surface area contributed by atoms with Gasteiger partial charge in [0.15, 0.2) is 0 Å². The number of halogens is 2. The summed E-state index contributed by atoms with van der Waals surface area (Å²) in [6.45, 7) is 2.83. The Kier molecular flexibility index (Phi) is 5.52. The van der Waals surface area contributed by atoms with Crippen molar-refractivity contribution in [1.29, 1.82) is 0 Å². The van der Waals surface area contributed by atoms with Crippen LogP contribution in [-0.2, 0) is 14.8 Å². The molecule has 1 amide bonds. The zero-order valence-corrected chi connectivity index (χ0v) is 14.7. The zero-order chi connectivity index (χ0) is 17.2. The number of sulfonamides is 1. The summed E-state index contributed by atoms with van der Waals surface area (Å²) >= 11 is 5.70. The number of piperidine rings is 1. The van der Waals surface area contributed by atoms with Crippen molar-refractivity contribution in [3.8, 4) is 0 Å². The van der Waals surface area contributed by atoms with Crippen LogP contribution in [0.3, 0.4) is 0 Å². The number of amides is 1. The zero-order valence-electron chi connectivity index (χ0n) is 13.1. The SMILES string of the molecule is C[C@H]1CCCN(C(=O)CN(c2ccc(Cl)cc2F)S(C)(=O)=O)C1. The Morgan fingerprint density at radius 2 is 2.17 bits per heavy atom. The van der Waals surface area contributed by atoms with Crippen molar-refractivity contribution >= 4 is 33.2 Å². The summed E-state index contributed by atoms with van der Waals surface area (Å²) in [5.74, 6) is -0.717. The summed E-state index contributed by atoms with van der Waals surface area (Å²) in [6, 6.07) is 3.69. The lowest BCUT2D eigenvalue weighted by molar-refractivity contribution is -0.131. The second kappa shape index (κ2) is 7.05. The van der Waals surface area contributed by atoms with Crippen LogP contribution < -0.4 is 4.31 Å². The van der Waals surface area contributed by atoms with Gasteiger partial charge < -0.3 is 4.90 Å². The van der Waals surface area contributed by atoms with Crippen LogP contribution in [-0.4, -0.2) is 45.1 Å². The monoisotopic (exact) mass is 362 g/mol. The van der Waals surface area contributed by atoms with E-state index in [9.17, 15) is 17.6 Å². The fourth-order valence-corrected chi connectivity index (χ4v) is 3.71. The Morgan fingerprint density at radius 1 is 1.48 bits per heavy atom. The van der Waals surface area contributed by atoms with Gasteiger partial charge >= 0.3 is 0 Å². The van der Waals surface area contributed by atoms with Crippen molar-refractivity contribution in [3.63, 3.8) is 0 Å². The van der Waals surface area contributed by atoms with Crippen molar-refractivity contribution in [3.05, 3.63) is 29.0 Å². The third kappa shape index (κ3) is 4.57. The highest BCUT2D eigenvalue weighted by Gasteiger charge is 2.28. The van der Waals surface area contributed by atoms with Crippen molar-refractivity contribution in [2.24, 2.45) is 5.92 Å². The molecular formula is C15H20ClFN2O3S. The molecule has 23 heavy (non-hydrogen) atoms. The first kappa shape index (κ1) is 18.0. The third-order valence-corrected chi connectivity index (χ3v) is 5.23. The third-order valence-electron chi connectivity index (χ3n) is 3.87. The minimum absolute atomic E-state index is 0.163. The maximum atomic E-state index is 14.1. The second-order valence-electron chi connectivity index (χ2n) is 5.95. The van der Waals surface area contributed by atoms with Gasteiger partial charge in [0, 0.05) is 18.1 Å². The van der Waals surface area contributed by atoms with Gasteiger partial charge in [0.05, 0.1) is 11.9 Å². The lowest BCUT2D eigenvalue weighted by atomic mass is 10.0. The van der Waals surface area contributed by atoms with Gasteiger partial charge in [-0.2, -0.15) is 0 Å². The van der Waals surface area contributed by atoms with Gasteiger partial charge in [0.25, 0.3) is 0 Å². The van der Waals surface area contributed by atoms with E-state index in [2.05, 4.69) is 0 Å². The van der Waals surface area contributed by atoms with E-state index in [0.717, 1.165) is 29.5 Å². The van der Waals surface area contributed by atoms with Gasteiger partial charge in [-0.3, -0.25) is 9.10 Å². The number of hydrogen-bond donors (Lipinski definition) is 0. The molecule has 1 fully saturated rings. The van der Waals surface area contributed by atoms with Crippen LogP contribution in [0.15, 0.2) is 18.2 Å². The number of nitrogens with zero attached hydrogens (tertiary/aromatic N) is 2. The van der Waals surface area contributed by atoms with E-state index in [1.165, 1.54) is 12.1 Å². The lowest BCUT2D eigenvalue weighted by Gasteiger charge is -2.33. The molecule has 1 heterocycles. The molecule has 128 valence electrons. The van der Waals surface area contributed by atoms with Gasteiger partial charge in [-0.05, 0) is 37.0 Å². The minimum Gasteiger partial charge on any atom is -0.341 e. The Hall–Kier alpha value is -1.34. The van der Waals surface area contributed by atoms with Crippen LogP contribution >= 0.6 is 11.6 Å². The number of anilines is 1. The molecule has 1 saturated heterocycles. The van der Waals surface area contributed by atoms with Crippen LogP contribution in [0.1, 0.15) is 19.8 Å². The summed E-state index contributed by atoms with van der Waals surface area (Å²) in [4.78, 5) is 14.1. The van der Waals surface area contributed by atoms with E-state index in [4.69, 9.17) is 11.6 Å². The molecule has 1 aliphatic rings. The standard InChI is InChI=1S/C15H20ClFN2O3S/c1-11-4-3-7-18(9-11)15(20)10-19(23(2,21)22)14-6-5-12(16)8-13(14)17/h5-6,8,11H,3-4,7,9-10H2,1-2H3/t11-/m0/s1. The fraction of sp³-hybridized carbons (Fsp3) is 0.533. The van der Waals surface area contributed by atoms with Gasteiger partial charge in [-0.15, -0.1) is 0 Å². The highest BCUT2D eigenvalue weighted by atomic mass is 35.5. The minimum atomic E-state index is -3.80. The van der Waals surface area contributed by atoms with Crippen molar-refractivity contribution < 1.29 is 17.6 Å². The first-order valence-corrected chi connectivity index (χ1v) is 9.61. The van der Waals surface area contributed by atoms with E-state index < -0.39 is 22.4 Å². The Morgan fingerprint density at radius 3 is 2.74 bits per heavy atom. The summed E-state index contributed by atoms with van der Waals surface area (Å²) in [5, 5.41) is 0.163. The number of benzene rings is 1. The van der Waals surface area contributed by atoms with Crippen LogP contribution in [0.4, 0.5) is 10.1 Å². The molecule has 1 aliphatic heterocycles. The van der Waals surface area contributed by atoms with E-state index in [0.29, 0.717) is 19.0 Å². The van der Waals surface area contributed by atoms with Gasteiger partial charge in [-0.25, -0.2) is 12.8 Å². The molecule has 0 saturated carbocycles. The molecule has 0 unspecified atom stereocenters. The summed E-state index contributed by atoms with van der Waals surface area (Å²) < 4.78 is 38.9. The molecule has 1 atom stereocenters. The summed E-state index contributed by atoms with van der Waals surface area (Å²) in [5.41, 5.74) is -0.171. The highest BCUT2D eigenvalue weighted by molar-refractivity contribution is 7.92. The molecule has 0 aromatic heterocycles. The lowest BCUT2D eigenvalue weighted by Crippen LogP contribution is -2.46. The first-order chi connectivity index (χ1) is 10.7. The van der Waals surface area contributed by atoms with Gasteiger partial charge in [-0.1, -0.05) is 18.5 Å². The predicted octanol–water partition coefficient (Wildman–Crippen LogP) is 2.50. The molecule has 8 heteroatoms. The quantitative estimate of drug-likeness (QED) is 0.826. The smallest absolute Gasteiger partial charge is 0.243 e. The largest absolute Gasteiger partial charge is 0.341 e. The van der Waals surface area contributed by atoms with E-state index >= 15 is 0 Å². The predicted molar refractivity (Wildman–Crippen MR) is 88.6 cm³/mol. The summed E-state index contributed by atoms with van der Waals surface area (Å²) in [7, 11) is -3.80. The van der Waals surface area contributed by atoms with E-state index in [1.807, 2.05) is 6.92 Å². The number of likely N-dealkylation sites (tertiary alicyclic amines) is 1. The average Bonchev–Trinajstić information content (AvgIpc) is 2.44. The van der Waals surface area contributed by atoms with Crippen molar-refractivity contribution in [2.75, 3.05) is 30.2 Å². The van der Waals surface area contributed by atoms with Crippen LogP contribution in [0.5, 0.6) is 0 Å². The molecule has 1 aromatic rings. The number of carbonyl (C=O) groups is 1. The second-order valence-corrected chi connectivity index (χ2v) is 8.30. The normalized spacial score (nSPS) is 18.8. The van der Waals surface area contributed by atoms with E-state index in [1.54, 1.807) is 4.90 Å². The van der Waals surface area contributed by atoms with Crippen molar-refractivity contribution in [1.82, 2.24) is 4.90 Å². The average molecular weight is 363 g/mol. The number of carbonyl (C=O) groups excluding carboxylic acids is 1. The number of rotatable bonds is 4. The molecule has 0 radical (unpaired) electrons. The topological polar surface area (TPSA) is 57.7 Å². The van der Waals surface area contributed by atoms with Crippen LogP contribution in [0, 0.1) is 11.7 Å². The van der Waals surface area contributed by atoms with E-state index in [-0.39, 0.29) is 16.6 Å². The molecule has 2 rings (SSSR count). The van der Waals surface area contributed by atoms with Gasteiger partial charge in [0.1, 0.15) is 12.4 Å². The molecule has 0 aliphatic carbocycles. The Balaban J connectivity index is 2.24. The molecular weight excluding hydrogens is 343 g/mol. The maximum absolute atomic E-state index is 14.1. The first-order valence-electron chi connectivity index (χ1n) is 7.39. The highest BCUT2D eigenvalue weighted by Crippen LogP contribution is 2.25. The molecule has 0 spiro atoms. The molecule has 0 N–H and O–H groups in total. The molecule has 0 bridgehead atoms. The fourth-order valence-electron chi connectivity index (χ4n) is 2.70. The number of hydrogen-bond acceptors (Lipinski definition) is 3. The van der Waals surface area contributed by atoms with Gasteiger partial charge in [0.2, 0.25) is 15.9 Å². The Labute approximate surface area is 141 Å².